The summed E-state index contributed by atoms with van der Waals surface area (Å²) in [6.45, 7) is 7.73. The third kappa shape index (κ3) is 9.60. The number of esters is 2. The summed E-state index contributed by atoms with van der Waals surface area (Å²) >= 11 is 0. The van der Waals surface area contributed by atoms with Gasteiger partial charge in [-0.05, 0) is 18.8 Å². The third-order valence-electron chi connectivity index (χ3n) is 2.47. The van der Waals surface area contributed by atoms with Crippen LogP contribution in [0.1, 0.15) is 46.0 Å². The Morgan fingerprint density at radius 3 is 2.59 bits per heavy atom. The Bertz CT molecular complexity index is 248. The van der Waals surface area contributed by atoms with Crippen molar-refractivity contribution >= 4 is 11.9 Å². The molecule has 0 aliphatic rings. The van der Waals surface area contributed by atoms with Crippen LogP contribution >= 0.6 is 0 Å². The van der Waals surface area contributed by atoms with Gasteiger partial charge in [-0.3, -0.25) is 9.59 Å². The van der Waals surface area contributed by atoms with E-state index in [2.05, 4.69) is 11.3 Å². The number of carbonyl (C=O) groups is 2. The molecule has 0 bridgehead atoms. The highest BCUT2D eigenvalue weighted by Gasteiger charge is 2.08. The summed E-state index contributed by atoms with van der Waals surface area (Å²) in [5.41, 5.74) is 0. The second-order valence-corrected chi connectivity index (χ2v) is 4.05. The third-order valence-corrected chi connectivity index (χ3v) is 2.47. The Labute approximate surface area is 103 Å². The maximum atomic E-state index is 11.3. The van der Waals surface area contributed by atoms with Crippen LogP contribution in [0.5, 0.6) is 0 Å². The molecule has 0 amide bonds. The largest absolute Gasteiger partial charge is 0.466 e. The summed E-state index contributed by atoms with van der Waals surface area (Å²) in [7, 11) is 0. The molecule has 0 N–H and O–H groups in total. The Morgan fingerprint density at radius 1 is 1.29 bits per heavy atom. The molecule has 0 saturated carbocycles. The molecule has 0 rings (SSSR count). The molecule has 0 radical (unpaired) electrons. The van der Waals surface area contributed by atoms with Crippen LogP contribution in [0.3, 0.4) is 0 Å². The lowest BCUT2D eigenvalue weighted by Crippen LogP contribution is -2.10. The van der Waals surface area contributed by atoms with E-state index < -0.39 is 0 Å². The number of hydrogen-bond donors (Lipinski definition) is 0. The van der Waals surface area contributed by atoms with Gasteiger partial charge in [0.15, 0.2) is 0 Å². The molecule has 0 aromatic carbocycles. The topological polar surface area (TPSA) is 52.6 Å². The number of ether oxygens (including phenoxy) is 2. The molecule has 98 valence electrons. The minimum atomic E-state index is -0.300. The molecule has 0 saturated heterocycles. The van der Waals surface area contributed by atoms with Crippen molar-refractivity contribution < 1.29 is 19.1 Å². The number of carbonyl (C=O) groups excluding carboxylic acids is 2. The fraction of sp³-hybridized carbons (Fsp3) is 0.692. The van der Waals surface area contributed by atoms with Crippen LogP contribution in [-0.4, -0.2) is 18.5 Å². The molecule has 1 unspecified atom stereocenters. The molecule has 4 nitrogen and oxygen atoms in total. The zero-order valence-electron chi connectivity index (χ0n) is 10.7. The van der Waals surface area contributed by atoms with Gasteiger partial charge in [0, 0.05) is 12.8 Å². The maximum Gasteiger partial charge on any atom is 0.310 e. The van der Waals surface area contributed by atoms with Gasteiger partial charge in [0.1, 0.15) is 0 Å². The van der Waals surface area contributed by atoms with Crippen LogP contribution in [0.15, 0.2) is 12.8 Å². The van der Waals surface area contributed by atoms with E-state index in [1.165, 1.54) is 0 Å². The lowest BCUT2D eigenvalue weighted by molar-refractivity contribution is -0.144. The van der Waals surface area contributed by atoms with Crippen molar-refractivity contribution in [3.05, 3.63) is 12.8 Å². The van der Waals surface area contributed by atoms with E-state index in [9.17, 15) is 9.59 Å². The Balaban J connectivity index is 3.42. The Kier molecular flexibility index (Phi) is 9.11. The van der Waals surface area contributed by atoms with Crippen molar-refractivity contribution in [3.63, 3.8) is 0 Å². The van der Waals surface area contributed by atoms with Crippen molar-refractivity contribution in [2.45, 2.75) is 46.0 Å². The number of hydrogen-bond acceptors (Lipinski definition) is 4. The van der Waals surface area contributed by atoms with E-state index in [1.807, 2.05) is 13.8 Å². The first-order chi connectivity index (χ1) is 8.10. The first kappa shape index (κ1) is 15.7. The van der Waals surface area contributed by atoms with Gasteiger partial charge in [-0.25, -0.2) is 0 Å². The van der Waals surface area contributed by atoms with Crippen molar-refractivity contribution in [3.8, 4) is 0 Å². The quantitative estimate of drug-likeness (QED) is 0.354. The van der Waals surface area contributed by atoms with Crippen LogP contribution in [0.4, 0.5) is 0 Å². The lowest BCUT2D eigenvalue weighted by atomic mass is 10.1. The van der Waals surface area contributed by atoms with Gasteiger partial charge in [-0.2, -0.15) is 0 Å². The van der Waals surface area contributed by atoms with Gasteiger partial charge in [0.2, 0.25) is 0 Å². The van der Waals surface area contributed by atoms with Crippen LogP contribution in [0, 0.1) is 5.92 Å². The average molecular weight is 242 g/mol. The van der Waals surface area contributed by atoms with Crippen LogP contribution in [-0.2, 0) is 19.1 Å². The van der Waals surface area contributed by atoms with Gasteiger partial charge in [0.25, 0.3) is 0 Å². The summed E-state index contributed by atoms with van der Waals surface area (Å²) in [4.78, 5) is 22.2. The van der Waals surface area contributed by atoms with E-state index in [-0.39, 0.29) is 11.9 Å². The van der Waals surface area contributed by atoms with Gasteiger partial charge < -0.3 is 9.47 Å². The SMILES string of the molecule is C=COC(=O)CCCCOC(=O)CC(C)CC. The van der Waals surface area contributed by atoms with E-state index in [1.54, 1.807) is 0 Å². The first-order valence-corrected chi connectivity index (χ1v) is 6.06. The predicted molar refractivity (Wildman–Crippen MR) is 65.2 cm³/mol. The van der Waals surface area contributed by atoms with Gasteiger partial charge in [0.05, 0.1) is 12.9 Å². The molecule has 0 aliphatic carbocycles. The van der Waals surface area contributed by atoms with E-state index >= 15 is 0 Å². The molecular weight excluding hydrogens is 220 g/mol. The molecular formula is C13H22O4. The molecule has 17 heavy (non-hydrogen) atoms. The highest BCUT2D eigenvalue weighted by Crippen LogP contribution is 2.07. The van der Waals surface area contributed by atoms with Crippen molar-refractivity contribution in [1.29, 1.82) is 0 Å². The average Bonchev–Trinajstić information content (AvgIpc) is 2.28. The molecule has 0 spiro atoms. The van der Waals surface area contributed by atoms with E-state index in [0.29, 0.717) is 38.2 Å². The van der Waals surface area contributed by atoms with Gasteiger partial charge in [-0.15, -0.1) is 0 Å². The van der Waals surface area contributed by atoms with Crippen molar-refractivity contribution in [1.82, 2.24) is 0 Å². The second kappa shape index (κ2) is 9.87. The zero-order valence-corrected chi connectivity index (χ0v) is 10.7. The monoisotopic (exact) mass is 242 g/mol. The molecule has 0 aliphatic heterocycles. The fourth-order valence-corrected chi connectivity index (χ4v) is 1.20. The number of rotatable bonds is 9. The zero-order chi connectivity index (χ0) is 13.1. The molecule has 0 fully saturated rings. The smallest absolute Gasteiger partial charge is 0.310 e. The van der Waals surface area contributed by atoms with Gasteiger partial charge in [-0.1, -0.05) is 26.8 Å². The first-order valence-electron chi connectivity index (χ1n) is 6.06. The summed E-state index contributed by atoms with van der Waals surface area (Å²) in [5, 5.41) is 0. The molecule has 0 heterocycles. The Hall–Kier alpha value is -1.32. The van der Waals surface area contributed by atoms with Crippen LogP contribution < -0.4 is 0 Å². The predicted octanol–water partition coefficient (Wildman–Crippen LogP) is 2.82. The summed E-state index contributed by atoms with van der Waals surface area (Å²) < 4.78 is 9.60. The molecule has 0 aromatic heterocycles. The standard InChI is InChI=1S/C13H22O4/c1-4-11(3)10-13(15)17-9-7-6-8-12(14)16-5-2/h5,11H,2,4,6-10H2,1,3H3. The summed E-state index contributed by atoms with van der Waals surface area (Å²) in [6, 6.07) is 0. The minimum absolute atomic E-state index is 0.159. The van der Waals surface area contributed by atoms with Crippen molar-refractivity contribution in [2.24, 2.45) is 5.92 Å². The van der Waals surface area contributed by atoms with E-state index in [0.717, 1.165) is 12.7 Å². The highest BCUT2D eigenvalue weighted by atomic mass is 16.5. The molecule has 1 atom stereocenters. The fourth-order valence-electron chi connectivity index (χ4n) is 1.20. The lowest BCUT2D eigenvalue weighted by Gasteiger charge is -2.08. The van der Waals surface area contributed by atoms with E-state index in [4.69, 9.17) is 4.74 Å². The highest BCUT2D eigenvalue weighted by molar-refractivity contribution is 5.70. The summed E-state index contributed by atoms with van der Waals surface area (Å²) in [5.74, 6) is -0.0935. The van der Waals surface area contributed by atoms with Crippen LogP contribution in [0.2, 0.25) is 0 Å². The van der Waals surface area contributed by atoms with Crippen molar-refractivity contribution in [2.75, 3.05) is 6.61 Å². The number of unbranched alkanes of at least 4 members (excludes halogenated alkanes) is 1. The second-order valence-electron chi connectivity index (χ2n) is 4.05. The molecule has 0 aromatic rings. The summed E-state index contributed by atoms with van der Waals surface area (Å²) in [6.07, 6.45) is 4.22. The normalized spacial score (nSPS) is 11.6. The van der Waals surface area contributed by atoms with Crippen LogP contribution in [0.25, 0.3) is 0 Å². The van der Waals surface area contributed by atoms with Gasteiger partial charge >= 0.3 is 11.9 Å². The maximum absolute atomic E-state index is 11.3. The molecule has 4 heteroatoms. The Morgan fingerprint density at radius 2 is 2.00 bits per heavy atom. The minimum Gasteiger partial charge on any atom is -0.466 e.